The number of carbonyl (C=O) groups excluding carboxylic acids is 2. The summed E-state index contributed by atoms with van der Waals surface area (Å²) in [7, 11) is -4.58. The van der Waals surface area contributed by atoms with Crippen LogP contribution in [0, 0.1) is 6.92 Å². The van der Waals surface area contributed by atoms with Crippen LogP contribution in [0.2, 0.25) is 5.02 Å². The smallest absolute Gasteiger partial charge is 0.352 e. The molecule has 2 amide bonds. The predicted molar refractivity (Wildman–Crippen MR) is 157 cm³/mol. The number of alkyl halides is 3. The van der Waals surface area contributed by atoms with Gasteiger partial charge in [0, 0.05) is 12.6 Å². The fourth-order valence-corrected chi connectivity index (χ4v) is 5.88. The Hall–Kier alpha value is -3.57. The van der Waals surface area contributed by atoms with Gasteiger partial charge >= 0.3 is 6.18 Å². The average Bonchev–Trinajstić information content (AvgIpc) is 2.94. The number of hydrogen-bond donors (Lipinski definition) is 1. The van der Waals surface area contributed by atoms with E-state index in [1.165, 1.54) is 36.1 Å². The highest BCUT2D eigenvalue weighted by atomic mass is 35.5. The zero-order valence-corrected chi connectivity index (χ0v) is 25.2. The Morgan fingerprint density at radius 3 is 2.24 bits per heavy atom. The molecule has 0 aliphatic heterocycles. The molecule has 3 aromatic carbocycles. The number of benzene rings is 3. The van der Waals surface area contributed by atoms with Crippen molar-refractivity contribution in [2.24, 2.45) is 0 Å². The molecule has 0 aliphatic rings. The van der Waals surface area contributed by atoms with Crippen LogP contribution in [0.15, 0.2) is 77.7 Å². The molecular weight excluding hydrogens is 591 g/mol. The number of aryl methyl sites for hydroxylation is 1. The molecule has 0 aliphatic carbocycles. The summed E-state index contributed by atoms with van der Waals surface area (Å²) < 4.78 is 69.2. The molecule has 0 unspecified atom stereocenters. The summed E-state index contributed by atoms with van der Waals surface area (Å²) in [6.07, 6.45) is -4.16. The number of carbonyl (C=O) groups is 2. The molecule has 3 aromatic rings. The Morgan fingerprint density at radius 1 is 0.976 bits per heavy atom. The van der Waals surface area contributed by atoms with E-state index in [-0.39, 0.29) is 22.5 Å². The number of rotatable bonds is 11. The second-order valence-electron chi connectivity index (χ2n) is 9.99. The number of amides is 2. The zero-order valence-electron chi connectivity index (χ0n) is 23.7. The van der Waals surface area contributed by atoms with Crippen LogP contribution < -0.4 is 9.62 Å². The molecule has 0 saturated carbocycles. The second-order valence-corrected chi connectivity index (χ2v) is 12.3. The molecule has 0 bridgehead atoms. The minimum Gasteiger partial charge on any atom is -0.352 e. The van der Waals surface area contributed by atoms with Crippen LogP contribution >= 0.6 is 11.6 Å². The summed E-state index contributed by atoms with van der Waals surface area (Å²) in [5.41, 5.74) is -0.0711. The van der Waals surface area contributed by atoms with E-state index < -0.39 is 51.9 Å². The number of nitrogens with zero attached hydrogens (tertiary/aromatic N) is 2. The minimum absolute atomic E-state index is 0.0504. The maximum Gasteiger partial charge on any atom is 0.416 e. The first-order valence-corrected chi connectivity index (χ1v) is 15.1. The minimum atomic E-state index is -4.80. The van der Waals surface area contributed by atoms with Gasteiger partial charge < -0.3 is 10.2 Å². The highest BCUT2D eigenvalue weighted by molar-refractivity contribution is 7.92. The summed E-state index contributed by atoms with van der Waals surface area (Å²) in [5, 5.41) is 2.52. The Kier molecular flexibility index (Phi) is 10.7. The van der Waals surface area contributed by atoms with Crippen LogP contribution in [0.3, 0.4) is 0 Å². The third kappa shape index (κ3) is 8.04. The standard InChI is InChI=1S/C30H33ClF3N3O4S/c1-5-21(3)35-29(39)22(4)36(18-23-11-9-10-20(2)16-23)28(38)19-37(42(40,41)25-12-7-6-8-13-25)27-17-24(30(32,33)34)14-15-26(27)31/h6-17,21-22H,5,18-19H2,1-4H3,(H,35,39)/t21-,22-/m0/s1. The fourth-order valence-electron chi connectivity index (χ4n) is 4.17. The summed E-state index contributed by atoms with van der Waals surface area (Å²) >= 11 is 6.27. The normalized spacial score (nSPS) is 13.2. The third-order valence-electron chi connectivity index (χ3n) is 6.76. The first kappa shape index (κ1) is 32.9. The Labute approximate surface area is 249 Å². The van der Waals surface area contributed by atoms with E-state index in [4.69, 9.17) is 11.6 Å². The first-order valence-electron chi connectivity index (χ1n) is 13.2. The fraction of sp³-hybridized carbons (Fsp3) is 0.333. The van der Waals surface area contributed by atoms with Gasteiger partial charge in [0.25, 0.3) is 10.0 Å². The molecule has 0 aromatic heterocycles. The van der Waals surface area contributed by atoms with Crippen LogP contribution in [0.4, 0.5) is 18.9 Å². The Morgan fingerprint density at radius 2 is 1.64 bits per heavy atom. The Bertz CT molecular complexity index is 1520. The van der Waals surface area contributed by atoms with Gasteiger partial charge in [-0.3, -0.25) is 13.9 Å². The van der Waals surface area contributed by atoms with E-state index >= 15 is 0 Å². The van der Waals surface area contributed by atoms with Crippen LogP contribution in [-0.4, -0.2) is 43.8 Å². The van der Waals surface area contributed by atoms with Crippen molar-refractivity contribution in [3.8, 4) is 0 Å². The van der Waals surface area contributed by atoms with Crippen molar-refractivity contribution < 1.29 is 31.2 Å². The van der Waals surface area contributed by atoms with Crippen LogP contribution in [0.25, 0.3) is 0 Å². The summed E-state index contributed by atoms with van der Waals surface area (Å²) in [5.74, 6) is -1.27. The van der Waals surface area contributed by atoms with Gasteiger partial charge in [-0.15, -0.1) is 0 Å². The lowest BCUT2D eigenvalue weighted by atomic mass is 10.1. The number of halogens is 4. The van der Waals surface area contributed by atoms with Crippen molar-refractivity contribution in [2.75, 3.05) is 10.8 Å². The van der Waals surface area contributed by atoms with Crippen molar-refractivity contribution in [3.63, 3.8) is 0 Å². The number of anilines is 1. The van der Waals surface area contributed by atoms with Gasteiger partial charge in [0.05, 0.1) is 21.2 Å². The van der Waals surface area contributed by atoms with Crippen LogP contribution in [0.5, 0.6) is 0 Å². The number of nitrogens with one attached hydrogen (secondary N) is 1. The lowest BCUT2D eigenvalue weighted by Gasteiger charge is -2.33. The molecule has 0 saturated heterocycles. The van der Waals surface area contributed by atoms with E-state index in [1.807, 2.05) is 26.0 Å². The van der Waals surface area contributed by atoms with Gasteiger partial charge in [0.15, 0.2) is 0 Å². The van der Waals surface area contributed by atoms with Gasteiger partial charge in [0.2, 0.25) is 11.8 Å². The maximum absolute atomic E-state index is 14.0. The molecule has 1 N–H and O–H groups in total. The van der Waals surface area contributed by atoms with Gasteiger partial charge in [-0.2, -0.15) is 13.2 Å². The SMILES string of the molecule is CC[C@H](C)NC(=O)[C@H](C)N(Cc1cccc(C)c1)C(=O)CN(c1cc(C(F)(F)F)ccc1Cl)S(=O)(=O)c1ccccc1. The summed E-state index contributed by atoms with van der Waals surface area (Å²) in [6, 6.07) is 15.3. The molecule has 0 heterocycles. The number of hydrogen-bond acceptors (Lipinski definition) is 4. The molecule has 2 atom stereocenters. The molecule has 3 rings (SSSR count). The topological polar surface area (TPSA) is 86.8 Å². The summed E-state index contributed by atoms with van der Waals surface area (Å²) in [6.45, 7) is 6.10. The van der Waals surface area contributed by atoms with Crippen molar-refractivity contribution >= 4 is 39.1 Å². The molecular formula is C30H33ClF3N3O4S. The second kappa shape index (κ2) is 13.6. The van der Waals surface area contributed by atoms with Crippen molar-refractivity contribution in [2.45, 2.75) is 63.8 Å². The quantitative estimate of drug-likeness (QED) is 0.276. The molecule has 0 radical (unpaired) electrons. The van der Waals surface area contributed by atoms with E-state index in [0.717, 1.165) is 17.7 Å². The molecule has 0 spiro atoms. The molecule has 226 valence electrons. The first-order chi connectivity index (χ1) is 19.6. The molecule has 7 nitrogen and oxygen atoms in total. The van der Waals surface area contributed by atoms with Crippen LogP contribution in [-0.2, 0) is 32.3 Å². The zero-order chi connectivity index (χ0) is 31.2. The maximum atomic E-state index is 14.0. The summed E-state index contributed by atoms with van der Waals surface area (Å²) in [4.78, 5) is 28.0. The molecule has 0 fully saturated rings. The van der Waals surface area contributed by atoms with Crippen LogP contribution in [0.1, 0.15) is 43.9 Å². The largest absolute Gasteiger partial charge is 0.416 e. The lowest BCUT2D eigenvalue weighted by Crippen LogP contribution is -2.52. The van der Waals surface area contributed by atoms with E-state index in [1.54, 1.807) is 25.1 Å². The van der Waals surface area contributed by atoms with Gasteiger partial charge in [0.1, 0.15) is 12.6 Å². The van der Waals surface area contributed by atoms with Crippen molar-refractivity contribution in [1.29, 1.82) is 0 Å². The lowest BCUT2D eigenvalue weighted by molar-refractivity contribution is -0.139. The Balaban J connectivity index is 2.12. The van der Waals surface area contributed by atoms with E-state index in [9.17, 15) is 31.2 Å². The van der Waals surface area contributed by atoms with Gasteiger partial charge in [-0.1, -0.05) is 66.6 Å². The number of sulfonamides is 1. The highest BCUT2D eigenvalue weighted by Crippen LogP contribution is 2.37. The average molecular weight is 624 g/mol. The molecule has 12 heteroatoms. The highest BCUT2D eigenvalue weighted by Gasteiger charge is 2.36. The van der Waals surface area contributed by atoms with E-state index in [2.05, 4.69) is 5.32 Å². The van der Waals surface area contributed by atoms with Crippen molar-refractivity contribution in [3.05, 3.63) is 94.5 Å². The monoisotopic (exact) mass is 623 g/mol. The predicted octanol–water partition coefficient (Wildman–Crippen LogP) is 6.19. The van der Waals surface area contributed by atoms with E-state index in [0.29, 0.717) is 22.4 Å². The van der Waals surface area contributed by atoms with Crippen molar-refractivity contribution in [1.82, 2.24) is 10.2 Å². The van der Waals surface area contributed by atoms with Gasteiger partial charge in [-0.05, 0) is 63.1 Å². The van der Waals surface area contributed by atoms with Gasteiger partial charge in [-0.25, -0.2) is 8.42 Å². The third-order valence-corrected chi connectivity index (χ3v) is 8.85. The molecule has 42 heavy (non-hydrogen) atoms.